The fraction of sp³-hybridized carbons (Fsp3) is 0.333. The largest absolute Gasteiger partial charge is 0.372 e. The molecule has 0 fully saturated rings. The van der Waals surface area contributed by atoms with Crippen LogP contribution < -0.4 is 4.80 Å². The van der Waals surface area contributed by atoms with E-state index in [1.807, 2.05) is 23.1 Å². The summed E-state index contributed by atoms with van der Waals surface area (Å²) in [5.74, 6) is -0.244. The number of rotatable bonds is 5. The van der Waals surface area contributed by atoms with Gasteiger partial charge in [-0.3, -0.25) is 4.79 Å². The van der Waals surface area contributed by atoms with E-state index >= 15 is 0 Å². The van der Waals surface area contributed by atoms with Crippen LogP contribution in [0.4, 0.5) is 0 Å². The average molecular weight is 290 g/mol. The minimum absolute atomic E-state index is 0.0406. The fourth-order valence-corrected chi connectivity index (χ4v) is 2.47. The first-order chi connectivity index (χ1) is 9.69. The molecular formula is C15H18N2O2S. The van der Waals surface area contributed by atoms with Crippen molar-refractivity contribution in [2.24, 2.45) is 4.99 Å². The molecule has 4 nitrogen and oxygen atoms in total. The molecule has 0 spiro atoms. The first-order valence-electron chi connectivity index (χ1n) is 6.54. The molecule has 1 aromatic carbocycles. The third kappa shape index (κ3) is 4.15. The number of hydrogen-bond donors (Lipinski definition) is 0. The second kappa shape index (κ2) is 7.17. The van der Waals surface area contributed by atoms with Crippen molar-refractivity contribution in [1.29, 1.82) is 0 Å². The van der Waals surface area contributed by atoms with E-state index in [1.54, 1.807) is 0 Å². The molecule has 2 aromatic rings. The van der Waals surface area contributed by atoms with Crippen LogP contribution in [-0.4, -0.2) is 23.7 Å². The monoisotopic (exact) mass is 290 g/mol. The Hall–Kier alpha value is -1.72. The van der Waals surface area contributed by atoms with E-state index in [4.69, 9.17) is 4.74 Å². The highest BCUT2D eigenvalue weighted by atomic mass is 32.1. The maximum absolute atomic E-state index is 11.6. The molecule has 0 unspecified atom stereocenters. The summed E-state index contributed by atoms with van der Waals surface area (Å²) in [6.45, 7) is 5.20. The van der Waals surface area contributed by atoms with E-state index in [9.17, 15) is 4.79 Å². The van der Waals surface area contributed by atoms with Gasteiger partial charge in [-0.25, -0.2) is 0 Å². The number of ether oxygens (including phenoxy) is 1. The number of hydrogen-bond acceptors (Lipinski definition) is 3. The summed E-state index contributed by atoms with van der Waals surface area (Å²) < 4.78 is 7.04. The number of carbonyl (C=O) groups is 1. The number of benzene rings is 1. The topological polar surface area (TPSA) is 43.6 Å². The van der Waals surface area contributed by atoms with Crippen LogP contribution in [0.3, 0.4) is 0 Å². The lowest BCUT2D eigenvalue weighted by Crippen LogP contribution is -2.18. The van der Waals surface area contributed by atoms with Gasteiger partial charge < -0.3 is 9.30 Å². The number of nitrogens with zero attached hydrogens (tertiary/aromatic N) is 2. The molecule has 0 saturated heterocycles. The van der Waals surface area contributed by atoms with Gasteiger partial charge in [-0.05, 0) is 19.4 Å². The molecule has 0 radical (unpaired) electrons. The van der Waals surface area contributed by atoms with E-state index in [-0.39, 0.29) is 12.5 Å². The van der Waals surface area contributed by atoms with Gasteiger partial charge in [-0.2, -0.15) is 4.99 Å². The van der Waals surface area contributed by atoms with Crippen molar-refractivity contribution in [1.82, 2.24) is 4.57 Å². The van der Waals surface area contributed by atoms with Gasteiger partial charge >= 0.3 is 0 Å². The van der Waals surface area contributed by atoms with Crippen molar-refractivity contribution < 1.29 is 9.53 Å². The highest BCUT2D eigenvalue weighted by Crippen LogP contribution is 2.05. The molecule has 0 atom stereocenters. The summed E-state index contributed by atoms with van der Waals surface area (Å²) >= 11 is 1.45. The Balaban J connectivity index is 2.14. The smallest absolute Gasteiger partial charge is 0.274 e. The van der Waals surface area contributed by atoms with E-state index in [0.29, 0.717) is 18.0 Å². The number of thiazole rings is 1. The molecular weight excluding hydrogens is 272 g/mol. The maximum Gasteiger partial charge on any atom is 0.274 e. The van der Waals surface area contributed by atoms with Crippen LogP contribution in [0.2, 0.25) is 0 Å². The Labute approximate surface area is 122 Å². The summed E-state index contributed by atoms with van der Waals surface area (Å²) in [5, 5.41) is 1.93. The Morgan fingerprint density at radius 1 is 1.35 bits per heavy atom. The van der Waals surface area contributed by atoms with Crippen LogP contribution in [0.25, 0.3) is 0 Å². The number of aromatic nitrogens is 1. The van der Waals surface area contributed by atoms with Crippen molar-refractivity contribution in [2.75, 3.05) is 13.2 Å². The minimum Gasteiger partial charge on any atom is -0.372 e. The highest BCUT2D eigenvalue weighted by Gasteiger charge is 2.02. The lowest BCUT2D eigenvalue weighted by atomic mass is 10.1. The molecule has 5 heteroatoms. The van der Waals surface area contributed by atoms with Crippen LogP contribution >= 0.6 is 11.3 Å². The quantitative estimate of drug-likeness (QED) is 0.848. The lowest BCUT2D eigenvalue weighted by molar-refractivity contribution is -0.122. The Morgan fingerprint density at radius 3 is 2.80 bits per heavy atom. The molecule has 20 heavy (non-hydrogen) atoms. The Kier molecular flexibility index (Phi) is 5.26. The standard InChI is InChI=1S/C15H18N2O2S/c1-3-19-11-14(18)16-15-17(8-9-20-15)10-13-6-4-12(2)5-7-13/h4-9H,3,10-11H2,1-2H3. The van der Waals surface area contributed by atoms with Gasteiger partial charge in [0, 0.05) is 24.7 Å². The molecule has 1 aromatic heterocycles. The van der Waals surface area contributed by atoms with Gasteiger partial charge in [0.05, 0.1) is 0 Å². The van der Waals surface area contributed by atoms with E-state index in [2.05, 4.69) is 36.2 Å². The molecule has 0 saturated carbocycles. The van der Waals surface area contributed by atoms with Crippen LogP contribution in [0.1, 0.15) is 18.1 Å². The predicted molar refractivity (Wildman–Crippen MR) is 79.7 cm³/mol. The molecule has 0 aliphatic heterocycles. The summed E-state index contributed by atoms with van der Waals surface area (Å²) in [5.41, 5.74) is 2.42. The number of amides is 1. The van der Waals surface area contributed by atoms with E-state index in [0.717, 1.165) is 0 Å². The molecule has 0 N–H and O–H groups in total. The predicted octanol–water partition coefficient (Wildman–Crippen LogP) is 2.37. The molecule has 0 aliphatic rings. The van der Waals surface area contributed by atoms with Crippen molar-refractivity contribution in [3.8, 4) is 0 Å². The van der Waals surface area contributed by atoms with Gasteiger partial charge in [0.2, 0.25) is 0 Å². The molecule has 0 bridgehead atoms. The SMILES string of the molecule is CCOCC(=O)N=c1sccn1Cc1ccc(C)cc1. The number of carbonyl (C=O) groups excluding carboxylic acids is 1. The van der Waals surface area contributed by atoms with Crippen LogP contribution in [-0.2, 0) is 16.1 Å². The minimum atomic E-state index is -0.244. The Morgan fingerprint density at radius 2 is 2.10 bits per heavy atom. The van der Waals surface area contributed by atoms with E-state index in [1.165, 1.54) is 22.5 Å². The van der Waals surface area contributed by atoms with Gasteiger partial charge in [0.15, 0.2) is 4.80 Å². The molecule has 2 rings (SSSR count). The summed E-state index contributed by atoms with van der Waals surface area (Å²) in [6.07, 6.45) is 1.94. The molecule has 1 heterocycles. The van der Waals surface area contributed by atoms with Crippen LogP contribution in [0.15, 0.2) is 40.8 Å². The normalized spacial score (nSPS) is 11.8. The van der Waals surface area contributed by atoms with Gasteiger partial charge in [-0.15, -0.1) is 11.3 Å². The second-order valence-corrected chi connectivity index (χ2v) is 5.31. The number of aryl methyl sites for hydroxylation is 1. The first kappa shape index (κ1) is 14.7. The molecule has 1 amide bonds. The maximum atomic E-state index is 11.6. The van der Waals surface area contributed by atoms with E-state index < -0.39 is 0 Å². The molecule has 0 aliphatic carbocycles. The highest BCUT2D eigenvalue weighted by molar-refractivity contribution is 7.07. The lowest BCUT2D eigenvalue weighted by Gasteiger charge is -2.03. The second-order valence-electron chi connectivity index (χ2n) is 4.44. The zero-order chi connectivity index (χ0) is 14.4. The van der Waals surface area contributed by atoms with Crippen LogP contribution in [0.5, 0.6) is 0 Å². The van der Waals surface area contributed by atoms with Crippen molar-refractivity contribution in [3.63, 3.8) is 0 Å². The summed E-state index contributed by atoms with van der Waals surface area (Å²) in [7, 11) is 0. The molecule has 106 valence electrons. The van der Waals surface area contributed by atoms with Crippen molar-refractivity contribution in [3.05, 3.63) is 51.8 Å². The zero-order valence-corrected chi connectivity index (χ0v) is 12.5. The van der Waals surface area contributed by atoms with Crippen molar-refractivity contribution in [2.45, 2.75) is 20.4 Å². The zero-order valence-electron chi connectivity index (χ0n) is 11.7. The average Bonchev–Trinajstić information content (AvgIpc) is 2.86. The third-order valence-electron chi connectivity index (χ3n) is 2.78. The Bertz CT molecular complexity index is 626. The first-order valence-corrected chi connectivity index (χ1v) is 7.42. The third-order valence-corrected chi connectivity index (χ3v) is 3.58. The van der Waals surface area contributed by atoms with Crippen molar-refractivity contribution >= 4 is 17.2 Å². The van der Waals surface area contributed by atoms with Crippen LogP contribution in [0, 0.1) is 6.92 Å². The fourth-order valence-electron chi connectivity index (χ4n) is 1.73. The van der Waals surface area contributed by atoms with Gasteiger partial charge in [-0.1, -0.05) is 29.8 Å². The summed E-state index contributed by atoms with van der Waals surface area (Å²) in [6, 6.07) is 8.34. The summed E-state index contributed by atoms with van der Waals surface area (Å²) in [4.78, 5) is 16.4. The van der Waals surface area contributed by atoms with Gasteiger partial charge in [0.25, 0.3) is 5.91 Å². The van der Waals surface area contributed by atoms with Gasteiger partial charge in [0.1, 0.15) is 6.61 Å².